The summed E-state index contributed by atoms with van der Waals surface area (Å²) in [5.41, 5.74) is 0. The van der Waals surface area contributed by atoms with Crippen LogP contribution < -0.4 is 12.4 Å². The van der Waals surface area contributed by atoms with Crippen molar-refractivity contribution in [1.29, 1.82) is 0 Å². The van der Waals surface area contributed by atoms with Crippen molar-refractivity contribution in [1.82, 2.24) is 4.90 Å². The molecule has 0 unspecified atom stereocenters. The monoisotopic (exact) mass is 721 g/mol. The number of allylic oxidation sites excluding steroid dienone is 2. The highest BCUT2D eigenvalue weighted by Gasteiger charge is 2.05. The summed E-state index contributed by atoms with van der Waals surface area (Å²) in [7, 11) is 12.9. The summed E-state index contributed by atoms with van der Waals surface area (Å²) in [6, 6.07) is 0. The van der Waals surface area contributed by atoms with Crippen molar-refractivity contribution in [3.63, 3.8) is 0 Å². The predicted molar refractivity (Wildman–Crippen MR) is 221 cm³/mol. The Bertz CT molecular complexity index is 542. The fourth-order valence-corrected chi connectivity index (χ4v) is 6.02. The van der Waals surface area contributed by atoms with Crippen LogP contribution in [0.15, 0.2) is 12.2 Å². The minimum absolute atomic E-state index is 0. The lowest BCUT2D eigenvalue weighted by Crippen LogP contribution is -3.00. The van der Waals surface area contributed by atoms with Crippen LogP contribution >= 0.6 is 11.6 Å². The van der Waals surface area contributed by atoms with E-state index in [4.69, 9.17) is 11.6 Å². The van der Waals surface area contributed by atoms with Crippen LogP contribution in [-0.4, -0.2) is 64.1 Å². The van der Waals surface area contributed by atoms with Crippen LogP contribution in [0.4, 0.5) is 0 Å². The van der Waals surface area contributed by atoms with Gasteiger partial charge in [0, 0.05) is 5.88 Å². The molecular weight excluding hydrogens is 627 g/mol. The number of nitrogens with zero attached hydrogens (tertiary/aromatic N) is 2. The molecule has 48 heavy (non-hydrogen) atoms. The van der Waals surface area contributed by atoms with Gasteiger partial charge in [-0.3, -0.25) is 0 Å². The van der Waals surface area contributed by atoms with Crippen LogP contribution in [0.25, 0.3) is 0 Å². The first kappa shape index (κ1) is 55.0. The Balaban J connectivity index is -0.000000358. The Labute approximate surface area is 318 Å². The molecule has 0 aromatic rings. The number of quaternary nitrogens is 1. The van der Waals surface area contributed by atoms with Gasteiger partial charge in [-0.15, -0.1) is 11.6 Å². The van der Waals surface area contributed by atoms with Crippen LogP contribution in [0, 0.1) is 0 Å². The van der Waals surface area contributed by atoms with Gasteiger partial charge in [0.05, 0.1) is 27.7 Å². The van der Waals surface area contributed by atoms with Gasteiger partial charge >= 0.3 is 0 Å². The number of hydrogen-bond donors (Lipinski definition) is 0. The average molecular weight is 722 g/mol. The fraction of sp³-hybridized carbons (Fsp3) is 0.955. The molecule has 0 N–H and O–H groups in total. The van der Waals surface area contributed by atoms with E-state index < -0.39 is 0 Å². The number of unbranched alkanes of at least 4 members (excludes halogenated alkanes) is 29. The third-order valence-corrected chi connectivity index (χ3v) is 9.10. The van der Waals surface area contributed by atoms with Gasteiger partial charge in [0.25, 0.3) is 0 Å². The van der Waals surface area contributed by atoms with E-state index in [0.717, 1.165) is 10.4 Å². The number of rotatable bonds is 34. The van der Waals surface area contributed by atoms with Crippen LogP contribution in [0.3, 0.4) is 0 Å². The molecule has 4 heteroatoms. The van der Waals surface area contributed by atoms with E-state index in [9.17, 15) is 0 Å². The van der Waals surface area contributed by atoms with E-state index in [2.05, 4.69) is 47.1 Å². The first-order valence-corrected chi connectivity index (χ1v) is 21.9. The largest absolute Gasteiger partial charge is 1.00 e. The van der Waals surface area contributed by atoms with Crippen molar-refractivity contribution in [2.75, 3.05) is 54.7 Å². The summed E-state index contributed by atoms with van der Waals surface area (Å²) in [4.78, 5) is 2.00. The Morgan fingerprint density at radius 1 is 0.396 bits per heavy atom. The maximum atomic E-state index is 5.68. The molecule has 0 aliphatic rings. The molecule has 0 heterocycles. The van der Waals surface area contributed by atoms with E-state index in [0.29, 0.717) is 0 Å². The maximum absolute atomic E-state index is 5.68. The minimum atomic E-state index is 0. The molecule has 0 radical (unpaired) electrons. The SMILES string of the molecule is CCCCCCCC/C=C\CCCCCCCCCCCCCl.CCCCCCCCCCCCCCCC[N+](C)(C)C.CN(C)C.[Cl-]. The maximum Gasteiger partial charge on any atom is 0.0780 e. The molecule has 0 aromatic carbocycles. The van der Waals surface area contributed by atoms with Gasteiger partial charge in [-0.25, -0.2) is 0 Å². The van der Waals surface area contributed by atoms with E-state index in [1.807, 2.05) is 26.0 Å². The lowest BCUT2D eigenvalue weighted by Gasteiger charge is -2.23. The van der Waals surface area contributed by atoms with Gasteiger partial charge in [-0.1, -0.05) is 187 Å². The molecule has 0 aromatic heterocycles. The molecule has 0 atom stereocenters. The van der Waals surface area contributed by atoms with Crippen molar-refractivity contribution in [3.05, 3.63) is 12.2 Å². The third-order valence-electron chi connectivity index (χ3n) is 8.83. The molecule has 0 rings (SSSR count). The zero-order valence-electron chi connectivity index (χ0n) is 34.8. The second-order valence-corrected chi connectivity index (χ2v) is 16.4. The zero-order valence-corrected chi connectivity index (χ0v) is 36.4. The van der Waals surface area contributed by atoms with Crippen molar-refractivity contribution < 1.29 is 16.9 Å². The standard InChI is InChI=1S/C22H43Cl.C19H42N.C3H9N.ClH/c1-2-3-4-5-6-7-8-9-10-11-12-13-14-15-16-17-18-19-20-21-22-23;1-5-6-7-8-9-10-11-12-13-14-15-16-17-18-19-20(2,3)4;1-4(2)3;/h9-10H,2-8,11-22H2,1H3;5-19H2,1-4H3;1-3H3;1H/q;+1;;/p-1/b10-9-;;;. The van der Waals surface area contributed by atoms with E-state index in [1.165, 1.54) is 212 Å². The summed E-state index contributed by atoms with van der Waals surface area (Å²) < 4.78 is 1.12. The van der Waals surface area contributed by atoms with Crippen molar-refractivity contribution in [2.45, 2.75) is 219 Å². The molecule has 0 spiro atoms. The summed E-state index contributed by atoms with van der Waals surface area (Å²) in [5, 5.41) is 0. The molecule has 0 saturated heterocycles. The molecule has 294 valence electrons. The number of alkyl halides is 1. The number of halogens is 2. The lowest BCUT2D eigenvalue weighted by molar-refractivity contribution is -0.870. The van der Waals surface area contributed by atoms with Crippen molar-refractivity contribution in [3.8, 4) is 0 Å². The van der Waals surface area contributed by atoms with Gasteiger partial charge in [0.1, 0.15) is 0 Å². The van der Waals surface area contributed by atoms with Crippen molar-refractivity contribution >= 4 is 11.6 Å². The molecule has 0 fully saturated rings. The Morgan fingerprint density at radius 3 is 0.875 bits per heavy atom. The third kappa shape index (κ3) is 68.2. The smallest absolute Gasteiger partial charge is 0.0780 e. The Morgan fingerprint density at radius 2 is 0.625 bits per heavy atom. The van der Waals surface area contributed by atoms with E-state index in [1.54, 1.807) is 0 Å². The van der Waals surface area contributed by atoms with E-state index in [-0.39, 0.29) is 12.4 Å². The second-order valence-electron chi connectivity index (χ2n) is 16.0. The quantitative estimate of drug-likeness (QED) is 0.0277. The van der Waals surface area contributed by atoms with Gasteiger partial charge in [-0.2, -0.15) is 0 Å². The molecular formula is C44H94Cl2N2. The van der Waals surface area contributed by atoms with Crippen LogP contribution in [-0.2, 0) is 0 Å². The molecule has 2 nitrogen and oxygen atoms in total. The normalized spacial score (nSPS) is 11.3. The molecule has 0 aliphatic heterocycles. The Hall–Kier alpha value is 0.240. The highest BCUT2D eigenvalue weighted by Crippen LogP contribution is 2.14. The number of hydrogen-bond acceptors (Lipinski definition) is 1. The van der Waals surface area contributed by atoms with Crippen molar-refractivity contribution in [2.24, 2.45) is 0 Å². The van der Waals surface area contributed by atoms with E-state index >= 15 is 0 Å². The van der Waals surface area contributed by atoms with Crippen LogP contribution in [0.2, 0.25) is 0 Å². The summed E-state index contributed by atoms with van der Waals surface area (Å²) in [6.07, 6.45) is 50.2. The molecule has 0 amide bonds. The first-order valence-electron chi connectivity index (χ1n) is 21.3. The van der Waals surface area contributed by atoms with Crippen LogP contribution in [0.1, 0.15) is 219 Å². The topological polar surface area (TPSA) is 3.24 Å². The average Bonchev–Trinajstić information content (AvgIpc) is 3.02. The Kier molecular flexibility index (Phi) is 56.6. The summed E-state index contributed by atoms with van der Waals surface area (Å²) in [5.74, 6) is 0.841. The summed E-state index contributed by atoms with van der Waals surface area (Å²) >= 11 is 5.68. The molecule has 0 bridgehead atoms. The summed E-state index contributed by atoms with van der Waals surface area (Å²) in [6.45, 7) is 5.91. The molecule has 0 aliphatic carbocycles. The highest BCUT2D eigenvalue weighted by atomic mass is 35.5. The highest BCUT2D eigenvalue weighted by molar-refractivity contribution is 6.17. The van der Waals surface area contributed by atoms with Gasteiger partial charge in [0.15, 0.2) is 0 Å². The second kappa shape index (κ2) is 49.4. The lowest BCUT2D eigenvalue weighted by atomic mass is 10.0. The van der Waals surface area contributed by atoms with Gasteiger partial charge < -0.3 is 21.8 Å². The van der Waals surface area contributed by atoms with Crippen LogP contribution in [0.5, 0.6) is 0 Å². The van der Waals surface area contributed by atoms with Gasteiger partial charge in [0.2, 0.25) is 0 Å². The fourth-order valence-electron chi connectivity index (χ4n) is 5.83. The minimum Gasteiger partial charge on any atom is -1.00 e. The predicted octanol–water partition coefficient (Wildman–Crippen LogP) is 12.2. The van der Waals surface area contributed by atoms with Gasteiger partial charge in [-0.05, 0) is 66.1 Å². The first-order chi connectivity index (χ1) is 22.7. The zero-order chi connectivity index (χ0) is 35.5. The molecule has 0 saturated carbocycles.